The van der Waals surface area contributed by atoms with E-state index in [-0.39, 0.29) is 0 Å². The zero-order valence-corrected chi connectivity index (χ0v) is 13.5. The summed E-state index contributed by atoms with van der Waals surface area (Å²) in [5.41, 5.74) is 1.68. The maximum atomic E-state index is 5.65. The van der Waals surface area contributed by atoms with Crippen LogP contribution in [0.3, 0.4) is 0 Å². The van der Waals surface area contributed by atoms with E-state index in [9.17, 15) is 0 Å². The summed E-state index contributed by atoms with van der Waals surface area (Å²) in [6, 6.07) is 7.85. The van der Waals surface area contributed by atoms with Gasteiger partial charge in [-0.1, -0.05) is 12.1 Å². The van der Waals surface area contributed by atoms with Gasteiger partial charge in [0, 0.05) is 11.8 Å². The van der Waals surface area contributed by atoms with Crippen LogP contribution in [0.15, 0.2) is 35.1 Å². The van der Waals surface area contributed by atoms with Crippen LogP contribution in [0.4, 0.5) is 0 Å². The normalized spacial score (nSPS) is 17.2. The van der Waals surface area contributed by atoms with Crippen molar-refractivity contribution in [3.63, 3.8) is 0 Å². The first kappa shape index (κ1) is 13.8. The van der Waals surface area contributed by atoms with Gasteiger partial charge in [-0.15, -0.1) is 0 Å². The minimum absolute atomic E-state index is 0.467. The second-order valence-electron chi connectivity index (χ2n) is 6.49. The molecule has 1 aromatic carbocycles. The Morgan fingerprint density at radius 1 is 1.12 bits per heavy atom. The Hall–Kier alpha value is -2.63. The smallest absolute Gasteiger partial charge is 0.185 e. The van der Waals surface area contributed by atoms with E-state index < -0.39 is 0 Å². The average molecular weight is 322 g/mol. The van der Waals surface area contributed by atoms with Crippen molar-refractivity contribution < 1.29 is 9.15 Å². The van der Waals surface area contributed by atoms with Crippen LogP contribution < -0.4 is 4.74 Å². The predicted octanol–water partition coefficient (Wildman–Crippen LogP) is 3.69. The predicted molar refractivity (Wildman–Crippen MR) is 87.4 cm³/mol. The van der Waals surface area contributed by atoms with Crippen LogP contribution in [0.1, 0.15) is 49.1 Å². The standard InChI is InChI=1S/C18H18N4O2/c1-23-14-5-3-2-4-13(14)22-18(20-17(21-22)12-8-9-12)15-16(11-6-7-11)24-10-19-15/h2-5,10-12H,6-9H2,1H3. The summed E-state index contributed by atoms with van der Waals surface area (Å²) in [4.78, 5) is 9.26. The van der Waals surface area contributed by atoms with Crippen molar-refractivity contribution in [2.24, 2.45) is 0 Å². The Bertz CT molecular complexity index is 890. The Labute approximate surface area is 139 Å². The molecule has 2 aliphatic carbocycles. The van der Waals surface area contributed by atoms with E-state index in [1.807, 2.05) is 28.9 Å². The molecule has 0 N–H and O–H groups in total. The molecule has 0 amide bonds. The summed E-state index contributed by atoms with van der Waals surface area (Å²) >= 11 is 0. The highest BCUT2D eigenvalue weighted by Crippen LogP contribution is 2.45. The molecular weight excluding hydrogens is 304 g/mol. The van der Waals surface area contributed by atoms with Gasteiger partial charge in [0.15, 0.2) is 18.0 Å². The number of methoxy groups -OCH3 is 1. The van der Waals surface area contributed by atoms with Crippen LogP contribution in [0.25, 0.3) is 17.2 Å². The molecule has 0 radical (unpaired) electrons. The molecule has 0 atom stereocenters. The van der Waals surface area contributed by atoms with Gasteiger partial charge >= 0.3 is 0 Å². The molecule has 0 saturated heterocycles. The third kappa shape index (κ3) is 2.21. The van der Waals surface area contributed by atoms with Crippen LogP contribution >= 0.6 is 0 Å². The first-order chi connectivity index (χ1) is 11.8. The fourth-order valence-corrected chi connectivity index (χ4v) is 3.03. The van der Waals surface area contributed by atoms with Crippen molar-refractivity contribution >= 4 is 0 Å². The Balaban J connectivity index is 1.70. The fourth-order valence-electron chi connectivity index (χ4n) is 3.03. The highest BCUT2D eigenvalue weighted by atomic mass is 16.5. The molecule has 6 nitrogen and oxygen atoms in total. The average Bonchev–Trinajstić information content (AvgIpc) is 3.55. The quantitative estimate of drug-likeness (QED) is 0.717. The van der Waals surface area contributed by atoms with E-state index in [1.165, 1.54) is 6.39 Å². The Morgan fingerprint density at radius 2 is 1.92 bits per heavy atom. The van der Waals surface area contributed by atoms with Gasteiger partial charge in [0.1, 0.15) is 22.9 Å². The first-order valence-electron chi connectivity index (χ1n) is 8.39. The lowest BCUT2D eigenvalue weighted by Gasteiger charge is -2.09. The summed E-state index contributed by atoms with van der Waals surface area (Å²) in [6.07, 6.45) is 6.13. The molecule has 24 heavy (non-hydrogen) atoms. The van der Waals surface area contributed by atoms with Crippen molar-refractivity contribution in [1.29, 1.82) is 0 Å². The van der Waals surface area contributed by atoms with Crippen LogP contribution in [0, 0.1) is 0 Å². The van der Waals surface area contributed by atoms with Crippen molar-refractivity contribution in [1.82, 2.24) is 19.7 Å². The summed E-state index contributed by atoms with van der Waals surface area (Å²) < 4.78 is 13.0. The minimum Gasteiger partial charge on any atom is -0.494 e. The molecule has 3 aromatic rings. The lowest BCUT2D eigenvalue weighted by atomic mass is 10.2. The van der Waals surface area contributed by atoms with E-state index in [0.717, 1.165) is 60.2 Å². The summed E-state index contributed by atoms with van der Waals surface area (Å²) in [5, 5.41) is 4.77. The number of oxazole rings is 1. The van der Waals surface area contributed by atoms with E-state index in [2.05, 4.69) is 4.98 Å². The number of nitrogens with zero attached hydrogens (tertiary/aromatic N) is 4. The third-order valence-electron chi connectivity index (χ3n) is 4.63. The Kier molecular flexibility index (Phi) is 2.98. The van der Waals surface area contributed by atoms with E-state index in [4.69, 9.17) is 19.2 Å². The van der Waals surface area contributed by atoms with Gasteiger partial charge in [-0.2, -0.15) is 5.10 Å². The topological polar surface area (TPSA) is 66.0 Å². The van der Waals surface area contributed by atoms with Gasteiger partial charge in [0.05, 0.1) is 7.11 Å². The highest BCUT2D eigenvalue weighted by Gasteiger charge is 2.35. The molecule has 0 bridgehead atoms. The zero-order valence-electron chi connectivity index (χ0n) is 13.5. The number of para-hydroxylation sites is 2. The molecule has 5 rings (SSSR count). The van der Waals surface area contributed by atoms with Gasteiger partial charge in [-0.25, -0.2) is 14.6 Å². The second-order valence-corrected chi connectivity index (χ2v) is 6.49. The lowest BCUT2D eigenvalue weighted by molar-refractivity contribution is 0.411. The zero-order chi connectivity index (χ0) is 16.1. The molecule has 2 aromatic heterocycles. The minimum atomic E-state index is 0.467. The molecule has 122 valence electrons. The number of benzene rings is 1. The first-order valence-corrected chi connectivity index (χ1v) is 8.39. The van der Waals surface area contributed by atoms with Crippen molar-refractivity contribution in [3.8, 4) is 23.0 Å². The van der Waals surface area contributed by atoms with Crippen molar-refractivity contribution in [2.75, 3.05) is 7.11 Å². The molecule has 0 unspecified atom stereocenters. The van der Waals surface area contributed by atoms with Gasteiger partial charge in [0.25, 0.3) is 0 Å². The van der Waals surface area contributed by atoms with Crippen LogP contribution in [0.5, 0.6) is 5.75 Å². The summed E-state index contributed by atoms with van der Waals surface area (Å²) in [6.45, 7) is 0. The van der Waals surface area contributed by atoms with Crippen LogP contribution in [-0.4, -0.2) is 26.9 Å². The maximum Gasteiger partial charge on any atom is 0.185 e. The van der Waals surface area contributed by atoms with Crippen LogP contribution in [-0.2, 0) is 0 Å². The van der Waals surface area contributed by atoms with E-state index in [0.29, 0.717) is 11.8 Å². The van der Waals surface area contributed by atoms with Gasteiger partial charge in [-0.05, 0) is 37.8 Å². The molecular formula is C18H18N4O2. The molecule has 0 spiro atoms. The van der Waals surface area contributed by atoms with Gasteiger partial charge in [0.2, 0.25) is 0 Å². The van der Waals surface area contributed by atoms with Crippen molar-refractivity contribution in [2.45, 2.75) is 37.5 Å². The number of aromatic nitrogens is 4. The summed E-state index contributed by atoms with van der Waals surface area (Å²) in [5.74, 6) is 4.27. The molecule has 2 fully saturated rings. The molecule has 2 saturated carbocycles. The van der Waals surface area contributed by atoms with Gasteiger partial charge < -0.3 is 9.15 Å². The highest BCUT2D eigenvalue weighted by molar-refractivity contribution is 5.59. The fraction of sp³-hybridized carbons (Fsp3) is 0.389. The largest absolute Gasteiger partial charge is 0.494 e. The Morgan fingerprint density at radius 3 is 2.67 bits per heavy atom. The molecule has 2 heterocycles. The number of hydrogen-bond donors (Lipinski definition) is 0. The second kappa shape index (κ2) is 5.19. The van der Waals surface area contributed by atoms with E-state index in [1.54, 1.807) is 7.11 Å². The molecule has 0 aliphatic heterocycles. The van der Waals surface area contributed by atoms with Crippen LogP contribution in [0.2, 0.25) is 0 Å². The van der Waals surface area contributed by atoms with Crippen molar-refractivity contribution in [3.05, 3.63) is 42.2 Å². The number of hydrogen-bond acceptors (Lipinski definition) is 5. The van der Waals surface area contributed by atoms with Gasteiger partial charge in [-0.3, -0.25) is 0 Å². The third-order valence-corrected chi connectivity index (χ3v) is 4.63. The van der Waals surface area contributed by atoms with E-state index >= 15 is 0 Å². The SMILES string of the molecule is COc1ccccc1-n1nc(C2CC2)nc1-c1ncoc1C1CC1. The number of ether oxygens (including phenoxy) is 1. The monoisotopic (exact) mass is 322 g/mol. The number of rotatable bonds is 5. The molecule has 2 aliphatic rings. The lowest BCUT2D eigenvalue weighted by Crippen LogP contribution is -2.03. The summed E-state index contributed by atoms with van der Waals surface area (Å²) in [7, 11) is 1.67. The molecule has 6 heteroatoms. The maximum absolute atomic E-state index is 5.65.